The number of rotatable bonds is 3. The van der Waals surface area contributed by atoms with E-state index < -0.39 is 11.8 Å². The van der Waals surface area contributed by atoms with Crippen LogP contribution in [0.2, 0.25) is 0 Å². The van der Waals surface area contributed by atoms with Gasteiger partial charge < -0.3 is 0 Å². The average Bonchev–Trinajstić information content (AvgIpc) is 2.34. The fraction of sp³-hybridized carbons (Fsp3) is 0.643. The normalized spacial score (nSPS) is 24.9. The highest BCUT2D eigenvalue weighted by molar-refractivity contribution is 5.17. The van der Waals surface area contributed by atoms with Gasteiger partial charge in [-0.1, -0.05) is 19.8 Å². The fourth-order valence-corrected chi connectivity index (χ4v) is 2.85. The van der Waals surface area contributed by atoms with Crippen molar-refractivity contribution < 1.29 is 8.78 Å². The highest BCUT2D eigenvalue weighted by Crippen LogP contribution is 2.37. The van der Waals surface area contributed by atoms with Crippen molar-refractivity contribution in [1.82, 2.24) is 4.98 Å². The van der Waals surface area contributed by atoms with Gasteiger partial charge in [0.25, 0.3) is 0 Å². The number of nitrogens with zero attached hydrogens (tertiary/aromatic N) is 1. The predicted molar refractivity (Wildman–Crippen MR) is 63.8 cm³/mol. The molecule has 17 heavy (non-hydrogen) atoms. The summed E-state index contributed by atoms with van der Waals surface area (Å²) in [5.41, 5.74) is 0.860. The first-order valence-corrected chi connectivity index (χ1v) is 6.51. The molecule has 0 radical (unpaired) electrons. The molecule has 1 aliphatic rings. The Kier molecular flexibility index (Phi) is 4.08. The van der Waals surface area contributed by atoms with E-state index in [0.717, 1.165) is 24.3 Å². The van der Waals surface area contributed by atoms with E-state index in [4.69, 9.17) is 0 Å². The summed E-state index contributed by atoms with van der Waals surface area (Å²) in [6.45, 7) is 2.21. The Morgan fingerprint density at radius 1 is 1.24 bits per heavy atom. The third-order valence-corrected chi connectivity index (χ3v) is 3.83. The zero-order valence-electron chi connectivity index (χ0n) is 10.3. The van der Waals surface area contributed by atoms with E-state index in [1.54, 1.807) is 0 Å². The Morgan fingerprint density at radius 3 is 2.53 bits per heavy atom. The van der Waals surface area contributed by atoms with E-state index in [9.17, 15) is 8.78 Å². The van der Waals surface area contributed by atoms with Gasteiger partial charge in [0.05, 0.1) is 0 Å². The van der Waals surface area contributed by atoms with Gasteiger partial charge in [-0.15, -0.1) is 0 Å². The summed E-state index contributed by atoms with van der Waals surface area (Å²) < 4.78 is 25.8. The van der Waals surface area contributed by atoms with Crippen LogP contribution in [0, 0.1) is 17.7 Å². The largest absolute Gasteiger partial charge is 0.248 e. The second-order valence-corrected chi connectivity index (χ2v) is 5.05. The van der Waals surface area contributed by atoms with Crippen LogP contribution in [-0.2, 0) is 0 Å². The van der Waals surface area contributed by atoms with E-state index in [1.165, 1.54) is 37.9 Å². The molecule has 0 aliphatic heterocycles. The number of hydrogen-bond acceptors (Lipinski definition) is 1. The Bertz CT molecular complexity index is 370. The third kappa shape index (κ3) is 3.02. The molecule has 1 fully saturated rings. The van der Waals surface area contributed by atoms with Crippen molar-refractivity contribution in [3.05, 3.63) is 29.6 Å². The molecule has 0 spiro atoms. The van der Waals surface area contributed by atoms with Crippen molar-refractivity contribution >= 4 is 0 Å². The molecule has 1 saturated carbocycles. The SMILES string of the molecule is CCCC1CCC(c2cnc(F)c(F)c2)CC1. The summed E-state index contributed by atoms with van der Waals surface area (Å²) in [6.07, 6.45) is 8.60. The van der Waals surface area contributed by atoms with E-state index in [-0.39, 0.29) is 0 Å². The molecule has 1 aromatic rings. The minimum Gasteiger partial charge on any atom is -0.225 e. The smallest absolute Gasteiger partial charge is 0.225 e. The van der Waals surface area contributed by atoms with Crippen LogP contribution < -0.4 is 0 Å². The number of halogens is 2. The van der Waals surface area contributed by atoms with E-state index in [1.807, 2.05) is 0 Å². The molecule has 1 nitrogen and oxygen atoms in total. The molecule has 0 aromatic carbocycles. The molecule has 0 N–H and O–H groups in total. The zero-order valence-corrected chi connectivity index (χ0v) is 10.3. The molecule has 0 amide bonds. The molecular formula is C14H19F2N. The van der Waals surface area contributed by atoms with Gasteiger partial charge in [-0.3, -0.25) is 0 Å². The summed E-state index contributed by atoms with van der Waals surface area (Å²) in [5, 5.41) is 0. The standard InChI is InChI=1S/C14H19F2N/c1-2-3-10-4-6-11(7-5-10)12-8-13(15)14(16)17-9-12/h8-11H,2-7H2,1H3. The van der Waals surface area contributed by atoms with Crippen LogP contribution in [0.1, 0.15) is 56.9 Å². The molecule has 0 bridgehead atoms. The summed E-state index contributed by atoms with van der Waals surface area (Å²) >= 11 is 0. The maximum atomic E-state index is 13.1. The lowest BCUT2D eigenvalue weighted by Gasteiger charge is -2.28. The van der Waals surface area contributed by atoms with Gasteiger partial charge in [0.1, 0.15) is 0 Å². The first kappa shape index (κ1) is 12.5. The van der Waals surface area contributed by atoms with Crippen LogP contribution in [0.3, 0.4) is 0 Å². The molecule has 94 valence electrons. The van der Waals surface area contributed by atoms with E-state index >= 15 is 0 Å². The van der Waals surface area contributed by atoms with Gasteiger partial charge in [0.2, 0.25) is 5.95 Å². The highest BCUT2D eigenvalue weighted by atomic mass is 19.2. The maximum Gasteiger partial charge on any atom is 0.248 e. The lowest BCUT2D eigenvalue weighted by Crippen LogP contribution is -2.13. The number of aromatic nitrogens is 1. The quantitative estimate of drug-likeness (QED) is 0.711. The molecular weight excluding hydrogens is 220 g/mol. The summed E-state index contributed by atoms with van der Waals surface area (Å²) in [4.78, 5) is 3.47. The third-order valence-electron chi connectivity index (χ3n) is 3.83. The van der Waals surface area contributed by atoms with Crippen molar-refractivity contribution in [3.63, 3.8) is 0 Å². The van der Waals surface area contributed by atoms with Crippen LogP contribution in [0.15, 0.2) is 12.3 Å². The Hall–Kier alpha value is -0.990. The summed E-state index contributed by atoms with van der Waals surface area (Å²) in [6, 6.07) is 1.31. The molecule has 0 unspecified atom stereocenters. The van der Waals surface area contributed by atoms with Crippen molar-refractivity contribution in [2.24, 2.45) is 5.92 Å². The van der Waals surface area contributed by atoms with Crippen LogP contribution in [0.5, 0.6) is 0 Å². The van der Waals surface area contributed by atoms with Crippen LogP contribution in [0.25, 0.3) is 0 Å². The van der Waals surface area contributed by atoms with Crippen LogP contribution >= 0.6 is 0 Å². The molecule has 0 atom stereocenters. The van der Waals surface area contributed by atoms with Crippen molar-refractivity contribution in [2.75, 3.05) is 0 Å². The monoisotopic (exact) mass is 239 g/mol. The molecule has 1 aliphatic carbocycles. The van der Waals surface area contributed by atoms with Gasteiger partial charge in [-0.2, -0.15) is 4.39 Å². The first-order chi connectivity index (χ1) is 8.20. The molecule has 0 saturated heterocycles. The van der Waals surface area contributed by atoms with E-state index in [0.29, 0.717) is 5.92 Å². The average molecular weight is 239 g/mol. The topological polar surface area (TPSA) is 12.9 Å². The van der Waals surface area contributed by atoms with Gasteiger partial charge in [-0.05, 0) is 49.1 Å². The van der Waals surface area contributed by atoms with Crippen LogP contribution in [0.4, 0.5) is 8.78 Å². The van der Waals surface area contributed by atoms with E-state index in [2.05, 4.69) is 11.9 Å². The molecule has 1 heterocycles. The van der Waals surface area contributed by atoms with Gasteiger partial charge in [0, 0.05) is 6.20 Å². The van der Waals surface area contributed by atoms with Crippen molar-refractivity contribution in [3.8, 4) is 0 Å². The molecule has 3 heteroatoms. The lowest BCUT2D eigenvalue weighted by molar-refractivity contribution is 0.307. The van der Waals surface area contributed by atoms with Crippen molar-refractivity contribution in [2.45, 2.75) is 51.4 Å². The minimum absolute atomic E-state index is 0.366. The van der Waals surface area contributed by atoms with Crippen LogP contribution in [-0.4, -0.2) is 4.98 Å². The van der Waals surface area contributed by atoms with Gasteiger partial charge in [-0.25, -0.2) is 9.37 Å². The molecule has 2 rings (SSSR count). The Balaban J connectivity index is 1.98. The number of pyridine rings is 1. The Morgan fingerprint density at radius 2 is 1.94 bits per heavy atom. The van der Waals surface area contributed by atoms with Crippen molar-refractivity contribution in [1.29, 1.82) is 0 Å². The summed E-state index contributed by atoms with van der Waals surface area (Å²) in [7, 11) is 0. The van der Waals surface area contributed by atoms with Gasteiger partial charge >= 0.3 is 0 Å². The lowest BCUT2D eigenvalue weighted by atomic mass is 9.77. The fourth-order valence-electron chi connectivity index (χ4n) is 2.85. The molecule has 1 aromatic heterocycles. The zero-order chi connectivity index (χ0) is 12.3. The summed E-state index contributed by atoms with van der Waals surface area (Å²) in [5.74, 6) is -0.619. The number of hydrogen-bond donors (Lipinski definition) is 0. The first-order valence-electron chi connectivity index (χ1n) is 6.51. The minimum atomic E-state index is -0.992. The highest BCUT2D eigenvalue weighted by Gasteiger charge is 2.22. The second-order valence-electron chi connectivity index (χ2n) is 5.05. The maximum absolute atomic E-state index is 13.1. The Labute approximate surface area is 101 Å². The second kappa shape index (κ2) is 5.56. The van der Waals surface area contributed by atoms with Gasteiger partial charge in [0.15, 0.2) is 5.82 Å². The predicted octanol–water partition coefficient (Wildman–Crippen LogP) is 4.43.